The van der Waals surface area contributed by atoms with Crippen molar-refractivity contribution in [2.24, 2.45) is 11.8 Å². The number of benzene rings is 1. The van der Waals surface area contributed by atoms with Gasteiger partial charge in [-0.2, -0.15) is 0 Å². The summed E-state index contributed by atoms with van der Waals surface area (Å²) in [6.45, 7) is 3.81. The second kappa shape index (κ2) is 5.25. The number of hydrogen-bond acceptors (Lipinski definition) is 3. The molecular formula is C15H19N3O2. The van der Waals surface area contributed by atoms with Gasteiger partial charge in [-0.3, -0.25) is 9.59 Å². The molecular weight excluding hydrogens is 254 g/mol. The molecule has 0 saturated carbocycles. The first-order chi connectivity index (χ1) is 9.63. The maximum Gasteiger partial charge on any atom is 0.227 e. The van der Waals surface area contributed by atoms with Crippen molar-refractivity contribution >= 4 is 23.2 Å². The van der Waals surface area contributed by atoms with Gasteiger partial charge < -0.3 is 16.0 Å². The molecule has 2 aliphatic rings. The van der Waals surface area contributed by atoms with Crippen molar-refractivity contribution in [2.75, 3.05) is 23.7 Å². The summed E-state index contributed by atoms with van der Waals surface area (Å²) >= 11 is 0. The molecule has 0 radical (unpaired) electrons. The first kappa shape index (κ1) is 13.1. The number of anilines is 2. The summed E-state index contributed by atoms with van der Waals surface area (Å²) in [7, 11) is 0. The molecule has 3 N–H and O–H groups in total. The predicted molar refractivity (Wildman–Crippen MR) is 77.5 cm³/mol. The molecule has 2 heterocycles. The van der Waals surface area contributed by atoms with E-state index >= 15 is 0 Å². The van der Waals surface area contributed by atoms with Crippen molar-refractivity contribution in [1.29, 1.82) is 0 Å². The molecule has 1 aromatic carbocycles. The average molecular weight is 273 g/mol. The zero-order chi connectivity index (χ0) is 14.1. The first-order valence-corrected chi connectivity index (χ1v) is 7.08. The highest BCUT2D eigenvalue weighted by molar-refractivity contribution is 5.96. The van der Waals surface area contributed by atoms with Gasteiger partial charge in [-0.15, -0.1) is 0 Å². The molecule has 3 rings (SSSR count). The zero-order valence-corrected chi connectivity index (χ0v) is 11.5. The second-order valence-electron chi connectivity index (χ2n) is 5.62. The quantitative estimate of drug-likeness (QED) is 0.779. The minimum atomic E-state index is 0.0204. The van der Waals surface area contributed by atoms with E-state index in [9.17, 15) is 9.59 Å². The number of nitrogens with one attached hydrogen (secondary N) is 3. The third kappa shape index (κ3) is 2.54. The van der Waals surface area contributed by atoms with Gasteiger partial charge >= 0.3 is 0 Å². The minimum Gasteiger partial charge on any atom is -0.326 e. The maximum atomic E-state index is 12.2. The van der Waals surface area contributed by atoms with Crippen LogP contribution in [0.2, 0.25) is 0 Å². The Bertz CT molecular complexity index is 552. The summed E-state index contributed by atoms with van der Waals surface area (Å²) in [6.07, 6.45) is 1.24. The third-order valence-corrected chi connectivity index (χ3v) is 4.20. The SMILES string of the molecule is CC(C(=O)Nc1ccc2c(c1)CCC(=O)N2)C1CNC1. The molecule has 0 aromatic heterocycles. The van der Waals surface area contributed by atoms with Gasteiger partial charge in [-0.1, -0.05) is 6.92 Å². The normalized spacial score (nSPS) is 19.6. The molecule has 2 amide bonds. The minimum absolute atomic E-state index is 0.0204. The van der Waals surface area contributed by atoms with Crippen molar-refractivity contribution in [3.63, 3.8) is 0 Å². The Morgan fingerprint density at radius 3 is 2.85 bits per heavy atom. The third-order valence-electron chi connectivity index (χ3n) is 4.20. The molecule has 2 aliphatic heterocycles. The number of rotatable bonds is 3. The molecule has 0 spiro atoms. The van der Waals surface area contributed by atoms with Crippen LogP contribution < -0.4 is 16.0 Å². The summed E-state index contributed by atoms with van der Waals surface area (Å²) in [5.74, 6) is 0.579. The van der Waals surface area contributed by atoms with Crippen LogP contribution in [0.15, 0.2) is 18.2 Å². The zero-order valence-electron chi connectivity index (χ0n) is 11.5. The molecule has 1 atom stereocenters. The summed E-state index contributed by atoms with van der Waals surface area (Å²) in [5, 5.41) is 9.00. The Morgan fingerprint density at radius 2 is 2.15 bits per heavy atom. The van der Waals surface area contributed by atoms with E-state index in [4.69, 9.17) is 0 Å². The van der Waals surface area contributed by atoms with Crippen LogP contribution >= 0.6 is 0 Å². The molecule has 1 fully saturated rings. The van der Waals surface area contributed by atoms with E-state index in [-0.39, 0.29) is 17.7 Å². The van der Waals surface area contributed by atoms with Crippen molar-refractivity contribution in [3.8, 4) is 0 Å². The van der Waals surface area contributed by atoms with Crippen LogP contribution in [0, 0.1) is 11.8 Å². The fraction of sp³-hybridized carbons (Fsp3) is 0.467. The van der Waals surface area contributed by atoms with Crippen LogP contribution in [0.4, 0.5) is 11.4 Å². The van der Waals surface area contributed by atoms with E-state index in [1.165, 1.54) is 0 Å². The summed E-state index contributed by atoms with van der Waals surface area (Å²) in [6, 6.07) is 5.66. The Balaban J connectivity index is 1.68. The molecule has 0 aliphatic carbocycles. The molecule has 106 valence electrons. The van der Waals surface area contributed by atoms with Gasteiger partial charge in [-0.25, -0.2) is 0 Å². The molecule has 1 saturated heterocycles. The molecule has 1 unspecified atom stereocenters. The number of amides is 2. The van der Waals surface area contributed by atoms with E-state index < -0.39 is 0 Å². The van der Waals surface area contributed by atoms with Crippen molar-refractivity contribution in [2.45, 2.75) is 19.8 Å². The average Bonchev–Trinajstić information content (AvgIpc) is 2.37. The smallest absolute Gasteiger partial charge is 0.227 e. The molecule has 5 heteroatoms. The predicted octanol–water partition coefficient (Wildman–Crippen LogP) is 1.37. The van der Waals surface area contributed by atoms with Gasteiger partial charge in [0.2, 0.25) is 11.8 Å². The van der Waals surface area contributed by atoms with E-state index in [0.29, 0.717) is 12.3 Å². The molecule has 5 nitrogen and oxygen atoms in total. The van der Waals surface area contributed by atoms with Crippen molar-refractivity contribution < 1.29 is 9.59 Å². The summed E-state index contributed by atoms with van der Waals surface area (Å²) in [5.41, 5.74) is 2.75. The lowest BCUT2D eigenvalue weighted by Crippen LogP contribution is -2.48. The van der Waals surface area contributed by atoms with Crippen LogP contribution in [-0.2, 0) is 16.0 Å². The highest BCUT2D eigenvalue weighted by Gasteiger charge is 2.28. The number of aryl methyl sites for hydroxylation is 1. The monoisotopic (exact) mass is 273 g/mol. The van der Waals surface area contributed by atoms with Crippen LogP contribution in [0.5, 0.6) is 0 Å². The Morgan fingerprint density at radius 1 is 1.35 bits per heavy atom. The highest BCUT2D eigenvalue weighted by atomic mass is 16.2. The van der Waals surface area contributed by atoms with Gasteiger partial charge in [0, 0.05) is 23.7 Å². The fourth-order valence-electron chi connectivity index (χ4n) is 2.60. The van der Waals surface area contributed by atoms with Gasteiger partial charge in [0.15, 0.2) is 0 Å². The number of hydrogen-bond donors (Lipinski definition) is 3. The topological polar surface area (TPSA) is 70.2 Å². The number of carbonyl (C=O) groups is 2. The number of carbonyl (C=O) groups excluding carboxylic acids is 2. The molecule has 20 heavy (non-hydrogen) atoms. The lowest BCUT2D eigenvalue weighted by Gasteiger charge is -2.31. The lowest BCUT2D eigenvalue weighted by atomic mass is 9.88. The summed E-state index contributed by atoms with van der Waals surface area (Å²) in [4.78, 5) is 23.5. The van der Waals surface area contributed by atoms with Crippen LogP contribution in [-0.4, -0.2) is 24.9 Å². The summed E-state index contributed by atoms with van der Waals surface area (Å²) < 4.78 is 0. The van der Waals surface area contributed by atoms with E-state index in [2.05, 4.69) is 16.0 Å². The van der Waals surface area contributed by atoms with Gasteiger partial charge in [0.1, 0.15) is 0 Å². The Hall–Kier alpha value is -1.88. The fourth-order valence-corrected chi connectivity index (χ4v) is 2.60. The molecule has 0 bridgehead atoms. The van der Waals surface area contributed by atoms with Gasteiger partial charge in [0.25, 0.3) is 0 Å². The van der Waals surface area contributed by atoms with Crippen LogP contribution in [0.3, 0.4) is 0 Å². The Kier molecular flexibility index (Phi) is 3.44. The van der Waals surface area contributed by atoms with Gasteiger partial charge in [-0.05, 0) is 49.2 Å². The van der Waals surface area contributed by atoms with Gasteiger partial charge in [0.05, 0.1) is 0 Å². The van der Waals surface area contributed by atoms with Crippen molar-refractivity contribution in [3.05, 3.63) is 23.8 Å². The standard InChI is InChI=1S/C15H19N3O2/c1-9(11-7-16-8-11)15(20)17-12-3-4-13-10(6-12)2-5-14(19)18-13/h3-4,6,9,11,16H,2,5,7-8H2,1H3,(H,17,20)(H,18,19). The Labute approximate surface area is 118 Å². The van der Waals surface area contributed by atoms with E-state index in [1.54, 1.807) is 0 Å². The van der Waals surface area contributed by atoms with E-state index in [1.807, 2.05) is 25.1 Å². The lowest BCUT2D eigenvalue weighted by molar-refractivity contribution is -0.121. The van der Waals surface area contributed by atoms with Crippen molar-refractivity contribution in [1.82, 2.24) is 5.32 Å². The van der Waals surface area contributed by atoms with E-state index in [0.717, 1.165) is 36.4 Å². The second-order valence-corrected chi connectivity index (χ2v) is 5.62. The molecule has 1 aromatic rings. The van der Waals surface area contributed by atoms with Crippen LogP contribution in [0.1, 0.15) is 18.9 Å². The maximum absolute atomic E-state index is 12.2. The first-order valence-electron chi connectivity index (χ1n) is 7.08. The van der Waals surface area contributed by atoms with Crippen LogP contribution in [0.25, 0.3) is 0 Å². The highest BCUT2D eigenvalue weighted by Crippen LogP contribution is 2.26. The number of fused-ring (bicyclic) bond motifs is 1. The largest absolute Gasteiger partial charge is 0.326 e.